The van der Waals surface area contributed by atoms with E-state index in [2.05, 4.69) is 20.7 Å². The van der Waals surface area contributed by atoms with Gasteiger partial charge in [-0.15, -0.1) is 0 Å². The Kier molecular flexibility index (Phi) is 4.03. The van der Waals surface area contributed by atoms with Gasteiger partial charge in [0.25, 0.3) is 14.8 Å². The molecule has 0 atom stereocenters. The van der Waals surface area contributed by atoms with E-state index in [0.29, 0.717) is 5.69 Å². The Bertz CT molecular complexity index is 995. The number of anilines is 1. The fourth-order valence-corrected chi connectivity index (χ4v) is 4.49. The van der Waals surface area contributed by atoms with Crippen molar-refractivity contribution in [1.29, 1.82) is 0 Å². The lowest BCUT2D eigenvalue weighted by Crippen LogP contribution is -2.19. The van der Waals surface area contributed by atoms with E-state index >= 15 is 0 Å². The summed E-state index contributed by atoms with van der Waals surface area (Å²) in [6.45, 7) is 0. The highest BCUT2D eigenvalue weighted by atomic mass is 79.9. The Labute approximate surface area is 139 Å². The van der Waals surface area contributed by atoms with Crippen molar-refractivity contribution in [1.82, 2.24) is 0 Å². The average molecular weight is 396 g/mol. The number of rotatable bonds is 3. The summed E-state index contributed by atoms with van der Waals surface area (Å²) in [6.07, 6.45) is 0. The predicted octanol–water partition coefficient (Wildman–Crippen LogP) is 3.82. The smallest absolute Gasteiger partial charge is 0.266 e. The van der Waals surface area contributed by atoms with E-state index in [4.69, 9.17) is 0 Å². The van der Waals surface area contributed by atoms with Crippen molar-refractivity contribution in [2.45, 2.75) is 4.90 Å². The van der Waals surface area contributed by atoms with Gasteiger partial charge in [0.15, 0.2) is 0 Å². The third kappa shape index (κ3) is 3.06. The van der Waals surface area contributed by atoms with Gasteiger partial charge in [0, 0.05) is 14.9 Å². The third-order valence-corrected chi connectivity index (χ3v) is 6.04. The van der Waals surface area contributed by atoms with Crippen LogP contribution in [-0.4, -0.2) is 8.42 Å². The summed E-state index contributed by atoms with van der Waals surface area (Å²) in [5.74, 6) is 0. The molecule has 3 rings (SSSR count). The minimum atomic E-state index is -3.92. The molecule has 0 fully saturated rings. The van der Waals surface area contributed by atoms with Gasteiger partial charge in [-0.2, -0.15) is 0 Å². The first-order valence-electron chi connectivity index (χ1n) is 6.27. The maximum Gasteiger partial charge on any atom is 0.266 e. The Hall–Kier alpha value is -1.70. The lowest BCUT2D eigenvalue weighted by molar-refractivity contribution is 0.601. The number of sulfonamides is 1. The molecule has 0 radical (unpaired) electrons. The van der Waals surface area contributed by atoms with Crippen LogP contribution in [-0.2, 0) is 10.0 Å². The Morgan fingerprint density at radius 3 is 2.41 bits per heavy atom. The van der Waals surface area contributed by atoms with Crippen molar-refractivity contribution in [2.75, 3.05) is 4.72 Å². The molecule has 4 nitrogen and oxygen atoms in total. The van der Waals surface area contributed by atoms with Gasteiger partial charge in [-0.1, -0.05) is 45.5 Å². The number of nitrogens with one attached hydrogen (secondary N) is 1. The molecule has 0 saturated heterocycles. The average Bonchev–Trinajstić information content (AvgIpc) is 2.48. The normalized spacial score (nSPS) is 11.5. The number of halogens is 1. The van der Waals surface area contributed by atoms with Crippen LogP contribution in [0.25, 0.3) is 10.1 Å². The second-order valence-electron chi connectivity index (χ2n) is 4.55. The number of fused-ring (bicyclic) bond motifs is 1. The van der Waals surface area contributed by atoms with Crippen LogP contribution in [0.15, 0.2) is 68.8 Å². The molecule has 0 aliphatic carbocycles. The second-order valence-corrected chi connectivity index (χ2v) is 8.13. The van der Waals surface area contributed by atoms with Crippen LogP contribution in [0.4, 0.5) is 5.69 Å². The minimum absolute atomic E-state index is 0.237. The van der Waals surface area contributed by atoms with Gasteiger partial charge in [-0.25, -0.2) is 8.42 Å². The van der Waals surface area contributed by atoms with Crippen molar-refractivity contribution < 1.29 is 8.42 Å². The van der Waals surface area contributed by atoms with E-state index in [-0.39, 0.29) is 4.90 Å². The molecule has 1 aromatic heterocycles. The van der Waals surface area contributed by atoms with Crippen LogP contribution >= 0.6 is 27.3 Å². The summed E-state index contributed by atoms with van der Waals surface area (Å²) < 4.78 is 28.4. The molecule has 0 aliphatic rings. The largest absolute Gasteiger partial charge is 0.279 e. The maximum absolute atomic E-state index is 12.4. The SMILES string of the molecule is O=c1sc2ccccc2cc1S(=O)(=O)Nc1ccc(Br)cc1. The summed E-state index contributed by atoms with van der Waals surface area (Å²) in [6, 6.07) is 15.3. The highest BCUT2D eigenvalue weighted by molar-refractivity contribution is 9.10. The Balaban J connectivity index is 2.07. The van der Waals surface area contributed by atoms with Crippen LogP contribution in [0, 0.1) is 0 Å². The molecule has 112 valence electrons. The molecule has 1 N–H and O–H groups in total. The second kappa shape index (κ2) is 5.83. The van der Waals surface area contributed by atoms with Crippen LogP contribution < -0.4 is 9.46 Å². The molecular weight excluding hydrogens is 386 g/mol. The molecule has 0 unspecified atom stereocenters. The fraction of sp³-hybridized carbons (Fsp3) is 0. The molecular formula is C15H10BrNO3S2. The zero-order valence-corrected chi connectivity index (χ0v) is 14.3. The van der Waals surface area contributed by atoms with Crippen LogP contribution in [0.3, 0.4) is 0 Å². The van der Waals surface area contributed by atoms with Crippen LogP contribution in [0.2, 0.25) is 0 Å². The summed E-state index contributed by atoms with van der Waals surface area (Å²) >= 11 is 4.21. The summed E-state index contributed by atoms with van der Waals surface area (Å²) in [5, 5.41) is 0.725. The van der Waals surface area contributed by atoms with Crippen molar-refractivity contribution in [3.05, 3.63) is 68.6 Å². The highest BCUT2D eigenvalue weighted by Crippen LogP contribution is 2.22. The summed E-state index contributed by atoms with van der Waals surface area (Å²) in [4.78, 5) is 11.9. The molecule has 2 aromatic carbocycles. The molecule has 7 heteroatoms. The molecule has 0 spiro atoms. The van der Waals surface area contributed by atoms with Gasteiger partial charge in [0.05, 0.1) is 0 Å². The summed E-state index contributed by atoms with van der Waals surface area (Å²) in [7, 11) is -3.92. The van der Waals surface area contributed by atoms with E-state index in [9.17, 15) is 13.2 Å². The molecule has 1 heterocycles. The van der Waals surface area contributed by atoms with Gasteiger partial charge < -0.3 is 0 Å². The minimum Gasteiger partial charge on any atom is -0.279 e. The lowest BCUT2D eigenvalue weighted by atomic mass is 10.2. The lowest BCUT2D eigenvalue weighted by Gasteiger charge is -2.08. The molecule has 0 amide bonds. The van der Waals surface area contributed by atoms with Gasteiger partial charge in [0.2, 0.25) is 0 Å². The van der Waals surface area contributed by atoms with Crippen molar-refractivity contribution >= 4 is 53.1 Å². The standard InChI is InChI=1S/C15H10BrNO3S2/c16-11-5-7-12(8-6-11)17-22(19,20)14-9-10-3-1-2-4-13(10)21-15(14)18/h1-9,17H. The zero-order chi connectivity index (χ0) is 15.7. The molecule has 3 aromatic rings. The monoisotopic (exact) mass is 395 g/mol. The summed E-state index contributed by atoms with van der Waals surface area (Å²) in [5.41, 5.74) is 0.403. The molecule has 0 aliphatic heterocycles. The molecule has 22 heavy (non-hydrogen) atoms. The van der Waals surface area contributed by atoms with Crippen molar-refractivity contribution in [3.8, 4) is 0 Å². The zero-order valence-electron chi connectivity index (χ0n) is 11.1. The quantitative estimate of drug-likeness (QED) is 0.732. The van der Waals surface area contributed by atoms with Crippen molar-refractivity contribution in [3.63, 3.8) is 0 Å². The topological polar surface area (TPSA) is 63.2 Å². The molecule has 0 saturated carbocycles. The van der Waals surface area contributed by atoms with Gasteiger partial charge in [0.1, 0.15) is 4.90 Å². The highest BCUT2D eigenvalue weighted by Gasteiger charge is 2.19. The van der Waals surface area contributed by atoms with Crippen LogP contribution in [0.1, 0.15) is 0 Å². The Morgan fingerprint density at radius 2 is 1.68 bits per heavy atom. The first-order chi connectivity index (χ1) is 10.5. The van der Waals surface area contributed by atoms with E-state index < -0.39 is 14.8 Å². The number of hydrogen-bond donors (Lipinski definition) is 1. The van der Waals surface area contributed by atoms with Gasteiger partial charge in [-0.05, 0) is 41.8 Å². The van der Waals surface area contributed by atoms with Gasteiger partial charge >= 0.3 is 0 Å². The maximum atomic E-state index is 12.4. The van der Waals surface area contributed by atoms with Crippen molar-refractivity contribution in [2.24, 2.45) is 0 Å². The Morgan fingerprint density at radius 1 is 1.00 bits per heavy atom. The first-order valence-corrected chi connectivity index (χ1v) is 9.36. The van der Waals surface area contributed by atoms with E-state index in [1.54, 1.807) is 42.5 Å². The molecule has 0 bridgehead atoms. The van der Waals surface area contributed by atoms with E-state index in [1.807, 2.05) is 6.07 Å². The first kappa shape index (κ1) is 15.2. The fourth-order valence-electron chi connectivity index (χ4n) is 1.96. The number of benzene rings is 2. The van der Waals surface area contributed by atoms with E-state index in [0.717, 1.165) is 25.9 Å². The van der Waals surface area contributed by atoms with E-state index in [1.165, 1.54) is 6.07 Å². The predicted molar refractivity (Wildman–Crippen MR) is 93.0 cm³/mol. The van der Waals surface area contributed by atoms with Crippen LogP contribution in [0.5, 0.6) is 0 Å². The number of hydrogen-bond acceptors (Lipinski definition) is 4. The van der Waals surface area contributed by atoms with Gasteiger partial charge in [-0.3, -0.25) is 9.52 Å². The third-order valence-electron chi connectivity index (χ3n) is 3.00.